The van der Waals surface area contributed by atoms with E-state index in [9.17, 15) is 4.79 Å². The van der Waals surface area contributed by atoms with Gasteiger partial charge in [-0.05, 0) is 24.3 Å². The number of para-hydroxylation sites is 1. The fourth-order valence-electron chi connectivity index (χ4n) is 3.42. The molecule has 0 aliphatic carbocycles. The van der Waals surface area contributed by atoms with Crippen LogP contribution in [0.15, 0.2) is 47.0 Å². The van der Waals surface area contributed by atoms with Crippen molar-refractivity contribution >= 4 is 28.7 Å². The summed E-state index contributed by atoms with van der Waals surface area (Å²) in [6.45, 7) is 1.12. The molecule has 1 aliphatic rings. The number of hydrogen-bond acceptors (Lipinski definition) is 8. The predicted molar refractivity (Wildman–Crippen MR) is 106 cm³/mol. The molecule has 0 saturated carbocycles. The number of hydrogen-bond donors (Lipinski definition) is 0. The molecule has 1 amide bonds. The summed E-state index contributed by atoms with van der Waals surface area (Å²) in [4.78, 5) is 19.0. The Morgan fingerprint density at radius 2 is 2.03 bits per heavy atom. The Labute approximate surface area is 170 Å². The number of carbonyl (C=O) groups excluding carboxylic acids is 1. The number of fused-ring (bicyclic) bond motifs is 1. The number of carbonyl (C=O) groups is 1. The number of methoxy groups -OCH3 is 1. The van der Waals surface area contributed by atoms with E-state index in [1.165, 1.54) is 0 Å². The van der Waals surface area contributed by atoms with Crippen molar-refractivity contribution in [1.82, 2.24) is 23.8 Å². The first-order chi connectivity index (χ1) is 14.2. The number of nitrogens with zero attached hydrogens (tertiary/aromatic N) is 5. The Balaban J connectivity index is 1.23. The largest absolute Gasteiger partial charge is 0.496 e. The van der Waals surface area contributed by atoms with Gasteiger partial charge in [0.2, 0.25) is 5.89 Å². The van der Waals surface area contributed by atoms with Crippen molar-refractivity contribution in [1.29, 1.82) is 0 Å². The summed E-state index contributed by atoms with van der Waals surface area (Å²) in [7, 11) is 1.64. The molecule has 0 N–H and O–H groups in total. The minimum atomic E-state index is -0.0232. The van der Waals surface area contributed by atoms with Crippen molar-refractivity contribution in [3.8, 4) is 5.75 Å². The highest BCUT2D eigenvalue weighted by molar-refractivity contribution is 7.00. The van der Waals surface area contributed by atoms with Crippen LogP contribution in [0.3, 0.4) is 0 Å². The van der Waals surface area contributed by atoms with E-state index in [1.807, 2.05) is 30.3 Å². The maximum atomic E-state index is 12.7. The lowest BCUT2D eigenvalue weighted by molar-refractivity contribution is 0.0569. The third-order valence-electron chi connectivity index (χ3n) is 5.04. The molecule has 1 saturated heterocycles. The third kappa shape index (κ3) is 3.33. The number of ether oxygens (including phenoxy) is 1. The normalized spacial score (nSPS) is 14.2. The zero-order valence-corrected chi connectivity index (χ0v) is 16.4. The number of rotatable bonds is 5. The van der Waals surface area contributed by atoms with Gasteiger partial charge in [-0.15, -0.1) is 0 Å². The van der Waals surface area contributed by atoms with Crippen molar-refractivity contribution < 1.29 is 14.1 Å². The molecule has 4 aromatic rings. The number of amides is 1. The zero-order valence-electron chi connectivity index (χ0n) is 15.6. The second kappa shape index (κ2) is 7.25. The van der Waals surface area contributed by atoms with Gasteiger partial charge < -0.3 is 14.2 Å². The summed E-state index contributed by atoms with van der Waals surface area (Å²) in [5.41, 5.74) is 3.17. The van der Waals surface area contributed by atoms with Crippen LogP contribution in [0, 0.1) is 0 Å². The van der Waals surface area contributed by atoms with Crippen molar-refractivity contribution in [2.24, 2.45) is 0 Å². The predicted octanol–water partition coefficient (Wildman–Crippen LogP) is 2.91. The van der Waals surface area contributed by atoms with Gasteiger partial charge >= 0.3 is 0 Å². The van der Waals surface area contributed by atoms with E-state index < -0.39 is 0 Å². The summed E-state index contributed by atoms with van der Waals surface area (Å²) in [6, 6.07) is 13.2. The first-order valence-corrected chi connectivity index (χ1v) is 9.90. The summed E-state index contributed by atoms with van der Waals surface area (Å²) in [5.74, 6) is 2.01. The molecule has 0 unspecified atom stereocenters. The zero-order chi connectivity index (χ0) is 19.8. The van der Waals surface area contributed by atoms with Crippen molar-refractivity contribution in [2.45, 2.75) is 12.3 Å². The van der Waals surface area contributed by atoms with Crippen LogP contribution in [0.4, 0.5) is 0 Å². The molecular formula is C20H17N5O3S. The van der Waals surface area contributed by atoms with Gasteiger partial charge in [-0.1, -0.05) is 23.4 Å². The minimum absolute atomic E-state index is 0.0232. The molecule has 3 heterocycles. The standard InChI is InChI=1S/C20H17N5O3S/c1-27-17-5-3-2-4-12(17)9-18-21-19(28-22-18)14-10-25(11-14)20(26)13-6-7-15-16(8-13)24-29-23-15/h2-8,14H,9-11H2,1H3. The molecule has 0 radical (unpaired) electrons. The number of likely N-dealkylation sites (tertiary alicyclic amines) is 1. The quantitative estimate of drug-likeness (QED) is 0.502. The Kier molecular flexibility index (Phi) is 4.44. The van der Waals surface area contributed by atoms with Crippen LogP contribution in [0.5, 0.6) is 5.75 Å². The Morgan fingerprint density at radius 3 is 2.90 bits per heavy atom. The average Bonchev–Trinajstić information content (AvgIpc) is 3.36. The molecule has 8 nitrogen and oxygen atoms in total. The van der Waals surface area contributed by atoms with E-state index >= 15 is 0 Å². The molecule has 2 aromatic carbocycles. The van der Waals surface area contributed by atoms with Crippen LogP contribution in [-0.4, -0.2) is 49.9 Å². The SMILES string of the molecule is COc1ccccc1Cc1noc(C2CN(C(=O)c3ccc4nsnc4c3)C2)n1. The molecule has 5 rings (SSSR count). The van der Waals surface area contributed by atoms with Crippen LogP contribution in [0.2, 0.25) is 0 Å². The second-order valence-electron chi connectivity index (χ2n) is 6.91. The van der Waals surface area contributed by atoms with Crippen LogP contribution in [0.25, 0.3) is 11.0 Å². The van der Waals surface area contributed by atoms with E-state index in [-0.39, 0.29) is 11.8 Å². The maximum absolute atomic E-state index is 12.7. The van der Waals surface area contributed by atoms with Crippen LogP contribution in [0.1, 0.15) is 33.6 Å². The minimum Gasteiger partial charge on any atom is -0.496 e. The van der Waals surface area contributed by atoms with Crippen LogP contribution >= 0.6 is 11.7 Å². The first kappa shape index (κ1) is 17.7. The summed E-state index contributed by atoms with van der Waals surface area (Å²) < 4.78 is 19.2. The molecule has 2 aromatic heterocycles. The highest BCUT2D eigenvalue weighted by Crippen LogP contribution is 2.28. The van der Waals surface area contributed by atoms with Crippen molar-refractivity contribution in [2.75, 3.05) is 20.2 Å². The molecular weight excluding hydrogens is 390 g/mol. The van der Waals surface area contributed by atoms with Gasteiger partial charge in [0.1, 0.15) is 16.8 Å². The van der Waals surface area contributed by atoms with E-state index in [1.54, 1.807) is 24.1 Å². The average molecular weight is 407 g/mol. The van der Waals surface area contributed by atoms with Crippen molar-refractivity contribution in [3.63, 3.8) is 0 Å². The fraction of sp³-hybridized carbons (Fsp3) is 0.250. The van der Waals surface area contributed by atoms with Crippen LogP contribution in [-0.2, 0) is 6.42 Å². The van der Waals surface area contributed by atoms with Gasteiger partial charge in [-0.3, -0.25) is 4.79 Å². The Hall–Kier alpha value is -3.33. The maximum Gasteiger partial charge on any atom is 0.253 e. The van der Waals surface area contributed by atoms with Gasteiger partial charge in [0.05, 0.1) is 24.8 Å². The van der Waals surface area contributed by atoms with E-state index in [0.29, 0.717) is 36.8 Å². The molecule has 1 fully saturated rings. The number of aromatic nitrogens is 4. The second-order valence-corrected chi connectivity index (χ2v) is 7.44. The lowest BCUT2D eigenvalue weighted by atomic mass is 9.98. The number of benzene rings is 2. The highest BCUT2D eigenvalue weighted by atomic mass is 32.1. The van der Waals surface area contributed by atoms with Gasteiger partial charge in [0.15, 0.2) is 5.82 Å². The van der Waals surface area contributed by atoms with Crippen molar-refractivity contribution in [3.05, 3.63) is 65.3 Å². The lowest BCUT2D eigenvalue weighted by Crippen LogP contribution is -2.48. The molecule has 0 atom stereocenters. The molecule has 0 spiro atoms. The molecule has 9 heteroatoms. The van der Waals surface area contributed by atoms with E-state index in [0.717, 1.165) is 34.1 Å². The van der Waals surface area contributed by atoms with Crippen LogP contribution < -0.4 is 4.74 Å². The summed E-state index contributed by atoms with van der Waals surface area (Å²) >= 11 is 1.14. The van der Waals surface area contributed by atoms with E-state index in [2.05, 4.69) is 18.9 Å². The Morgan fingerprint density at radius 1 is 1.21 bits per heavy atom. The fourth-order valence-corrected chi connectivity index (χ4v) is 3.94. The highest BCUT2D eigenvalue weighted by Gasteiger charge is 2.36. The lowest BCUT2D eigenvalue weighted by Gasteiger charge is -2.37. The van der Waals surface area contributed by atoms with E-state index in [4.69, 9.17) is 9.26 Å². The molecule has 146 valence electrons. The topological polar surface area (TPSA) is 94.2 Å². The smallest absolute Gasteiger partial charge is 0.253 e. The molecule has 1 aliphatic heterocycles. The first-order valence-electron chi connectivity index (χ1n) is 9.17. The van der Waals surface area contributed by atoms with Gasteiger partial charge in [0.25, 0.3) is 5.91 Å². The molecule has 0 bridgehead atoms. The summed E-state index contributed by atoms with van der Waals surface area (Å²) in [6.07, 6.45) is 0.532. The Bertz CT molecular complexity index is 1180. The van der Waals surface area contributed by atoms with Gasteiger partial charge in [-0.25, -0.2) is 0 Å². The molecule has 29 heavy (non-hydrogen) atoms. The van der Waals surface area contributed by atoms with Gasteiger partial charge in [0, 0.05) is 30.6 Å². The third-order valence-corrected chi connectivity index (χ3v) is 5.60. The van der Waals surface area contributed by atoms with Gasteiger partial charge in [-0.2, -0.15) is 13.7 Å². The monoisotopic (exact) mass is 407 g/mol. The summed E-state index contributed by atoms with van der Waals surface area (Å²) in [5, 5.41) is 4.09.